The molecule has 0 heterocycles. The summed E-state index contributed by atoms with van der Waals surface area (Å²) >= 11 is 5.02. The van der Waals surface area contributed by atoms with Crippen LogP contribution < -0.4 is 25.6 Å². The molecule has 8 nitrogen and oxygen atoms in total. The largest absolute Gasteiger partial charge is 0.491 e. The second-order valence-electron chi connectivity index (χ2n) is 6.31. The lowest BCUT2D eigenvalue weighted by atomic mass is 10.1. The van der Waals surface area contributed by atoms with E-state index in [1.165, 1.54) is 0 Å². The van der Waals surface area contributed by atoms with Crippen LogP contribution in [0.1, 0.15) is 21.5 Å². The molecule has 0 saturated carbocycles. The minimum absolute atomic E-state index is 0.0412. The van der Waals surface area contributed by atoms with Gasteiger partial charge in [0.05, 0.1) is 6.61 Å². The Bertz CT molecular complexity index is 887. The highest BCUT2D eigenvalue weighted by Gasteiger charge is 2.10. The maximum atomic E-state index is 12.2. The number of ether oxygens (including phenoxy) is 3. The highest BCUT2D eigenvalue weighted by atomic mass is 32.1. The fourth-order valence-corrected chi connectivity index (χ4v) is 2.48. The molecule has 3 N–H and O–H groups in total. The van der Waals surface area contributed by atoms with Gasteiger partial charge < -0.3 is 14.2 Å². The number of aryl methyl sites for hydroxylation is 1. The number of carbonyl (C=O) groups is 2. The van der Waals surface area contributed by atoms with E-state index in [4.69, 9.17) is 26.4 Å². The number of hydrogen-bond donors (Lipinski definition) is 3. The Morgan fingerprint density at radius 3 is 2.40 bits per heavy atom. The molecule has 0 aliphatic rings. The second-order valence-corrected chi connectivity index (χ2v) is 6.72. The van der Waals surface area contributed by atoms with Crippen molar-refractivity contribution in [2.24, 2.45) is 0 Å². The minimum Gasteiger partial charge on any atom is -0.491 e. The Morgan fingerprint density at radius 1 is 0.967 bits per heavy atom. The van der Waals surface area contributed by atoms with Crippen LogP contribution in [0.25, 0.3) is 0 Å². The Kier molecular flexibility index (Phi) is 9.04. The van der Waals surface area contributed by atoms with Gasteiger partial charge in [0.1, 0.15) is 18.1 Å². The summed E-state index contributed by atoms with van der Waals surface area (Å²) in [6.45, 7) is 4.58. The van der Waals surface area contributed by atoms with Crippen LogP contribution in [-0.4, -0.2) is 43.9 Å². The Hall–Kier alpha value is -3.17. The number of hydrazine groups is 1. The summed E-state index contributed by atoms with van der Waals surface area (Å²) < 4.78 is 15.9. The van der Waals surface area contributed by atoms with Crippen molar-refractivity contribution >= 4 is 29.1 Å². The summed E-state index contributed by atoms with van der Waals surface area (Å²) in [5.74, 6) is 0.401. The molecule has 0 aromatic heterocycles. The summed E-state index contributed by atoms with van der Waals surface area (Å²) in [6, 6.07) is 12.2. The van der Waals surface area contributed by atoms with E-state index < -0.39 is 11.8 Å². The van der Waals surface area contributed by atoms with Gasteiger partial charge in [0.15, 0.2) is 11.7 Å². The Morgan fingerprint density at radius 2 is 1.70 bits per heavy atom. The molecule has 0 radical (unpaired) electrons. The zero-order chi connectivity index (χ0) is 21.9. The molecule has 0 aliphatic heterocycles. The van der Waals surface area contributed by atoms with E-state index in [1.54, 1.807) is 37.4 Å². The number of carbonyl (C=O) groups excluding carboxylic acids is 2. The summed E-state index contributed by atoms with van der Waals surface area (Å²) in [4.78, 5) is 24.1. The highest BCUT2D eigenvalue weighted by Crippen LogP contribution is 2.20. The van der Waals surface area contributed by atoms with Gasteiger partial charge in [-0.3, -0.25) is 25.8 Å². The monoisotopic (exact) mass is 431 g/mol. The van der Waals surface area contributed by atoms with Crippen molar-refractivity contribution in [3.63, 3.8) is 0 Å². The standard InChI is InChI=1S/C21H25N3O5S/c1-14-5-4-6-18(15(14)2)29-13-19(25)23-24-21(30)22-20(26)16-7-9-17(10-8-16)28-12-11-27-3/h4-10H,11-13H2,1-3H3,(H,23,25)(H2,22,24,26,30). The van der Waals surface area contributed by atoms with E-state index in [0.29, 0.717) is 30.3 Å². The first-order chi connectivity index (χ1) is 14.4. The molecule has 0 bridgehead atoms. The molecular weight excluding hydrogens is 406 g/mol. The SMILES string of the molecule is COCCOc1ccc(C(=O)NC(=S)NNC(=O)COc2cccc(C)c2C)cc1. The molecule has 30 heavy (non-hydrogen) atoms. The number of nitrogens with one attached hydrogen (secondary N) is 3. The van der Waals surface area contributed by atoms with Crippen LogP contribution in [0, 0.1) is 13.8 Å². The number of rotatable bonds is 8. The Balaban J connectivity index is 1.73. The molecule has 2 aromatic carbocycles. The number of methoxy groups -OCH3 is 1. The molecule has 0 saturated heterocycles. The zero-order valence-corrected chi connectivity index (χ0v) is 17.9. The van der Waals surface area contributed by atoms with Gasteiger partial charge in [-0.05, 0) is 67.5 Å². The van der Waals surface area contributed by atoms with Crippen molar-refractivity contribution < 1.29 is 23.8 Å². The van der Waals surface area contributed by atoms with Gasteiger partial charge in [-0.2, -0.15) is 0 Å². The molecule has 0 fully saturated rings. The van der Waals surface area contributed by atoms with Gasteiger partial charge in [0.2, 0.25) is 0 Å². The summed E-state index contributed by atoms with van der Waals surface area (Å²) in [6.07, 6.45) is 0. The average Bonchev–Trinajstić information content (AvgIpc) is 2.74. The van der Waals surface area contributed by atoms with Crippen molar-refractivity contribution in [1.82, 2.24) is 16.2 Å². The normalized spacial score (nSPS) is 10.1. The lowest BCUT2D eigenvalue weighted by Crippen LogP contribution is -2.49. The second kappa shape index (κ2) is 11.7. The van der Waals surface area contributed by atoms with Crippen LogP contribution in [0.2, 0.25) is 0 Å². The third-order valence-electron chi connectivity index (χ3n) is 4.13. The first kappa shape index (κ1) is 23.1. The van der Waals surface area contributed by atoms with Crippen molar-refractivity contribution in [1.29, 1.82) is 0 Å². The molecule has 0 spiro atoms. The van der Waals surface area contributed by atoms with E-state index in [2.05, 4.69) is 16.2 Å². The predicted octanol–water partition coefficient (Wildman–Crippen LogP) is 2.04. The topological polar surface area (TPSA) is 97.9 Å². The lowest BCUT2D eigenvalue weighted by Gasteiger charge is -2.13. The maximum Gasteiger partial charge on any atom is 0.276 e. The summed E-state index contributed by atoms with van der Waals surface area (Å²) in [5.41, 5.74) is 7.29. The van der Waals surface area contributed by atoms with Crippen LogP contribution in [0.15, 0.2) is 42.5 Å². The molecular formula is C21H25N3O5S. The van der Waals surface area contributed by atoms with Gasteiger partial charge in [0, 0.05) is 12.7 Å². The molecule has 2 amide bonds. The van der Waals surface area contributed by atoms with Gasteiger partial charge in [0.25, 0.3) is 11.8 Å². The van der Waals surface area contributed by atoms with E-state index in [-0.39, 0.29) is 11.7 Å². The van der Waals surface area contributed by atoms with Crippen molar-refractivity contribution in [2.75, 3.05) is 26.9 Å². The van der Waals surface area contributed by atoms with Crippen LogP contribution in [0.5, 0.6) is 11.5 Å². The fraction of sp³-hybridized carbons (Fsp3) is 0.286. The van der Waals surface area contributed by atoms with Gasteiger partial charge in [-0.1, -0.05) is 12.1 Å². The van der Waals surface area contributed by atoms with Crippen LogP contribution in [0.3, 0.4) is 0 Å². The van der Waals surface area contributed by atoms with Crippen molar-refractivity contribution in [3.05, 3.63) is 59.2 Å². The first-order valence-electron chi connectivity index (χ1n) is 9.21. The average molecular weight is 432 g/mol. The van der Waals surface area contributed by atoms with Crippen LogP contribution >= 0.6 is 12.2 Å². The van der Waals surface area contributed by atoms with E-state index in [0.717, 1.165) is 11.1 Å². The highest BCUT2D eigenvalue weighted by molar-refractivity contribution is 7.80. The third-order valence-corrected chi connectivity index (χ3v) is 4.33. The predicted molar refractivity (Wildman–Crippen MR) is 117 cm³/mol. The molecule has 0 unspecified atom stereocenters. The fourth-order valence-electron chi connectivity index (χ4n) is 2.34. The number of benzene rings is 2. The number of thiocarbonyl (C=S) groups is 1. The maximum absolute atomic E-state index is 12.2. The summed E-state index contributed by atoms with van der Waals surface area (Å²) in [7, 11) is 1.59. The van der Waals surface area contributed by atoms with E-state index in [1.807, 2.05) is 26.0 Å². The van der Waals surface area contributed by atoms with Crippen molar-refractivity contribution in [2.45, 2.75) is 13.8 Å². The third kappa shape index (κ3) is 7.34. The molecule has 9 heteroatoms. The van der Waals surface area contributed by atoms with Gasteiger partial charge in [-0.15, -0.1) is 0 Å². The molecule has 0 atom stereocenters. The van der Waals surface area contributed by atoms with Crippen LogP contribution in [0.4, 0.5) is 0 Å². The van der Waals surface area contributed by atoms with Crippen molar-refractivity contribution in [3.8, 4) is 11.5 Å². The zero-order valence-electron chi connectivity index (χ0n) is 17.1. The smallest absolute Gasteiger partial charge is 0.276 e. The van der Waals surface area contributed by atoms with Gasteiger partial charge >= 0.3 is 0 Å². The lowest BCUT2D eigenvalue weighted by molar-refractivity contribution is -0.123. The quantitative estimate of drug-likeness (QED) is 0.334. The van der Waals surface area contributed by atoms with Crippen LogP contribution in [-0.2, 0) is 9.53 Å². The summed E-state index contributed by atoms with van der Waals surface area (Å²) in [5, 5.41) is 2.44. The van der Waals surface area contributed by atoms with E-state index in [9.17, 15) is 9.59 Å². The number of hydrogen-bond acceptors (Lipinski definition) is 6. The van der Waals surface area contributed by atoms with Gasteiger partial charge in [-0.25, -0.2) is 0 Å². The first-order valence-corrected chi connectivity index (χ1v) is 9.62. The Labute approximate surface area is 180 Å². The minimum atomic E-state index is -0.440. The molecule has 160 valence electrons. The molecule has 2 aromatic rings. The molecule has 2 rings (SSSR count). The van der Waals surface area contributed by atoms with E-state index >= 15 is 0 Å². The molecule has 0 aliphatic carbocycles. The number of amides is 2.